The number of amides is 1. The summed E-state index contributed by atoms with van der Waals surface area (Å²) in [4.78, 5) is 18.2. The predicted octanol–water partition coefficient (Wildman–Crippen LogP) is 2.72. The number of rotatable bonds is 4. The lowest BCUT2D eigenvalue weighted by molar-refractivity contribution is -0.117. The number of hydrogen-bond donors (Lipinski definition) is 1. The van der Waals surface area contributed by atoms with E-state index in [4.69, 9.17) is 0 Å². The molecule has 1 aromatic heterocycles. The van der Waals surface area contributed by atoms with Crippen LogP contribution in [0.5, 0.6) is 0 Å². The predicted molar refractivity (Wildman–Crippen MR) is 83.3 cm³/mol. The minimum absolute atomic E-state index is 0.0730. The van der Waals surface area contributed by atoms with Crippen molar-refractivity contribution in [3.05, 3.63) is 42.5 Å². The third kappa shape index (κ3) is 2.63. The number of imidazole rings is 1. The van der Waals surface area contributed by atoms with E-state index in [9.17, 15) is 4.79 Å². The summed E-state index contributed by atoms with van der Waals surface area (Å²) in [5, 5.41) is 3.47. The van der Waals surface area contributed by atoms with Gasteiger partial charge in [0.2, 0.25) is 5.91 Å². The van der Waals surface area contributed by atoms with Gasteiger partial charge in [0.25, 0.3) is 0 Å². The molecule has 2 aromatic rings. The second kappa shape index (κ2) is 5.60. The van der Waals surface area contributed by atoms with Crippen LogP contribution in [0.3, 0.4) is 0 Å². The highest BCUT2D eigenvalue weighted by atomic mass is 16.2. The van der Waals surface area contributed by atoms with Gasteiger partial charge in [-0.25, -0.2) is 4.98 Å². The van der Waals surface area contributed by atoms with Crippen molar-refractivity contribution in [1.29, 1.82) is 0 Å². The van der Waals surface area contributed by atoms with E-state index in [1.807, 2.05) is 47.0 Å². The van der Waals surface area contributed by atoms with Crippen molar-refractivity contribution in [2.45, 2.75) is 25.8 Å². The summed E-state index contributed by atoms with van der Waals surface area (Å²) in [5.41, 5.74) is 1.93. The van der Waals surface area contributed by atoms with Crippen LogP contribution in [0.25, 0.3) is 0 Å². The molecule has 21 heavy (non-hydrogen) atoms. The van der Waals surface area contributed by atoms with E-state index in [2.05, 4.69) is 17.2 Å². The first-order chi connectivity index (χ1) is 10.2. The van der Waals surface area contributed by atoms with E-state index in [1.165, 1.54) is 0 Å². The highest BCUT2D eigenvalue weighted by molar-refractivity contribution is 5.98. The van der Waals surface area contributed by atoms with E-state index in [-0.39, 0.29) is 11.9 Å². The SMILES string of the molecule is CC(Nc1ccccc1N1CCCC1=O)c1nccn1C. The monoisotopic (exact) mass is 284 g/mol. The van der Waals surface area contributed by atoms with Crippen LogP contribution < -0.4 is 10.2 Å². The molecule has 1 amide bonds. The molecule has 1 aliphatic heterocycles. The van der Waals surface area contributed by atoms with Crippen molar-refractivity contribution < 1.29 is 4.79 Å². The molecule has 1 aliphatic rings. The zero-order chi connectivity index (χ0) is 14.8. The number of aromatic nitrogens is 2. The summed E-state index contributed by atoms with van der Waals surface area (Å²) in [7, 11) is 1.98. The average molecular weight is 284 g/mol. The molecule has 3 rings (SSSR count). The summed E-state index contributed by atoms with van der Waals surface area (Å²) in [6.45, 7) is 2.87. The first-order valence-electron chi connectivity index (χ1n) is 7.30. The zero-order valence-electron chi connectivity index (χ0n) is 12.4. The number of nitrogens with one attached hydrogen (secondary N) is 1. The Morgan fingerprint density at radius 2 is 2.14 bits per heavy atom. The third-order valence-corrected chi connectivity index (χ3v) is 3.89. The van der Waals surface area contributed by atoms with Crippen molar-refractivity contribution in [2.24, 2.45) is 7.05 Å². The zero-order valence-corrected chi connectivity index (χ0v) is 12.4. The molecular formula is C16H20N4O. The summed E-state index contributed by atoms with van der Waals surface area (Å²) in [6.07, 6.45) is 5.30. The lowest BCUT2D eigenvalue weighted by atomic mass is 10.2. The van der Waals surface area contributed by atoms with Gasteiger partial charge in [-0.05, 0) is 25.5 Å². The molecule has 1 fully saturated rings. The third-order valence-electron chi connectivity index (χ3n) is 3.89. The topological polar surface area (TPSA) is 50.2 Å². The number of nitrogens with zero attached hydrogens (tertiary/aromatic N) is 3. The standard InChI is InChI=1S/C16H20N4O/c1-12(16-17-9-11-19(16)2)18-13-6-3-4-7-14(13)20-10-5-8-15(20)21/h3-4,6-7,9,11-12,18H,5,8,10H2,1-2H3. The summed E-state index contributed by atoms with van der Waals surface area (Å²) >= 11 is 0. The Morgan fingerprint density at radius 1 is 1.33 bits per heavy atom. The molecule has 5 nitrogen and oxygen atoms in total. The Morgan fingerprint density at radius 3 is 2.81 bits per heavy atom. The van der Waals surface area contributed by atoms with Crippen LogP contribution in [0.1, 0.15) is 31.6 Å². The van der Waals surface area contributed by atoms with E-state index >= 15 is 0 Å². The molecule has 1 unspecified atom stereocenters. The molecular weight excluding hydrogens is 264 g/mol. The molecule has 110 valence electrons. The van der Waals surface area contributed by atoms with E-state index < -0.39 is 0 Å². The molecule has 5 heteroatoms. The maximum atomic E-state index is 12.0. The Hall–Kier alpha value is -2.30. The number of hydrogen-bond acceptors (Lipinski definition) is 3. The fraction of sp³-hybridized carbons (Fsp3) is 0.375. The molecule has 0 radical (unpaired) electrons. The molecule has 0 bridgehead atoms. The Kier molecular flexibility index (Phi) is 3.64. The van der Waals surface area contributed by atoms with Crippen LogP contribution in [-0.4, -0.2) is 22.0 Å². The van der Waals surface area contributed by atoms with Gasteiger partial charge < -0.3 is 14.8 Å². The van der Waals surface area contributed by atoms with Gasteiger partial charge in [-0.3, -0.25) is 4.79 Å². The molecule has 0 aliphatic carbocycles. The molecule has 1 atom stereocenters. The number of para-hydroxylation sites is 2. The summed E-state index contributed by atoms with van der Waals surface area (Å²) in [6, 6.07) is 8.04. The van der Waals surface area contributed by atoms with Gasteiger partial charge in [0, 0.05) is 32.4 Å². The highest BCUT2D eigenvalue weighted by Gasteiger charge is 2.24. The number of aryl methyl sites for hydroxylation is 1. The number of carbonyl (C=O) groups is 1. The van der Waals surface area contributed by atoms with Gasteiger partial charge >= 0.3 is 0 Å². The van der Waals surface area contributed by atoms with Gasteiger partial charge in [-0.1, -0.05) is 12.1 Å². The number of carbonyl (C=O) groups excluding carboxylic acids is 1. The Labute approximate surface area is 124 Å². The van der Waals surface area contributed by atoms with Crippen LogP contribution >= 0.6 is 0 Å². The molecule has 1 saturated heterocycles. The first-order valence-corrected chi connectivity index (χ1v) is 7.30. The van der Waals surface area contributed by atoms with Crippen molar-refractivity contribution in [1.82, 2.24) is 9.55 Å². The fourth-order valence-corrected chi connectivity index (χ4v) is 2.83. The van der Waals surface area contributed by atoms with E-state index in [0.29, 0.717) is 6.42 Å². The maximum absolute atomic E-state index is 12.0. The van der Waals surface area contributed by atoms with Crippen molar-refractivity contribution in [3.8, 4) is 0 Å². The van der Waals surface area contributed by atoms with Gasteiger partial charge in [0.05, 0.1) is 17.4 Å². The fourth-order valence-electron chi connectivity index (χ4n) is 2.83. The Balaban J connectivity index is 1.86. The van der Waals surface area contributed by atoms with Gasteiger partial charge in [0.1, 0.15) is 5.82 Å². The molecule has 2 heterocycles. The van der Waals surface area contributed by atoms with Crippen molar-refractivity contribution in [2.75, 3.05) is 16.8 Å². The smallest absolute Gasteiger partial charge is 0.227 e. The number of anilines is 2. The second-order valence-corrected chi connectivity index (χ2v) is 5.43. The van der Waals surface area contributed by atoms with Crippen LogP contribution in [0.4, 0.5) is 11.4 Å². The van der Waals surface area contributed by atoms with Crippen molar-refractivity contribution in [3.63, 3.8) is 0 Å². The minimum Gasteiger partial charge on any atom is -0.374 e. The number of benzene rings is 1. The molecule has 0 spiro atoms. The Bertz CT molecular complexity index is 649. The van der Waals surface area contributed by atoms with E-state index in [1.54, 1.807) is 6.20 Å². The first kappa shape index (κ1) is 13.7. The lowest BCUT2D eigenvalue weighted by Gasteiger charge is -2.23. The van der Waals surface area contributed by atoms with E-state index in [0.717, 1.165) is 30.2 Å². The lowest BCUT2D eigenvalue weighted by Crippen LogP contribution is -2.25. The van der Waals surface area contributed by atoms with Gasteiger partial charge in [-0.15, -0.1) is 0 Å². The molecule has 0 saturated carbocycles. The van der Waals surface area contributed by atoms with Crippen molar-refractivity contribution >= 4 is 17.3 Å². The van der Waals surface area contributed by atoms with Crippen LogP contribution in [-0.2, 0) is 11.8 Å². The quantitative estimate of drug-likeness (QED) is 0.939. The van der Waals surface area contributed by atoms with Crippen LogP contribution in [0, 0.1) is 0 Å². The molecule has 1 N–H and O–H groups in total. The van der Waals surface area contributed by atoms with Crippen LogP contribution in [0.2, 0.25) is 0 Å². The normalized spacial score (nSPS) is 16.3. The van der Waals surface area contributed by atoms with Gasteiger partial charge in [0.15, 0.2) is 0 Å². The summed E-state index contributed by atoms with van der Waals surface area (Å²) < 4.78 is 2.00. The molecule has 1 aromatic carbocycles. The van der Waals surface area contributed by atoms with Crippen LogP contribution in [0.15, 0.2) is 36.7 Å². The highest BCUT2D eigenvalue weighted by Crippen LogP contribution is 2.31. The largest absolute Gasteiger partial charge is 0.374 e. The minimum atomic E-state index is 0.0730. The average Bonchev–Trinajstić information content (AvgIpc) is 3.08. The van der Waals surface area contributed by atoms with Gasteiger partial charge in [-0.2, -0.15) is 0 Å². The summed E-state index contributed by atoms with van der Waals surface area (Å²) in [5.74, 6) is 1.17. The maximum Gasteiger partial charge on any atom is 0.227 e. The second-order valence-electron chi connectivity index (χ2n) is 5.43.